The fourth-order valence-corrected chi connectivity index (χ4v) is 3.23. The SMILES string of the molecule is CNC(Cc1cccs1)c1ccc(OC)c(Br)c1. The van der Waals surface area contributed by atoms with Gasteiger partial charge in [-0.2, -0.15) is 0 Å². The molecule has 0 spiro atoms. The lowest BCUT2D eigenvalue weighted by atomic mass is 10.0. The van der Waals surface area contributed by atoms with Crippen molar-refractivity contribution in [2.75, 3.05) is 14.2 Å². The fourth-order valence-electron chi connectivity index (χ4n) is 1.92. The molecule has 96 valence electrons. The van der Waals surface area contributed by atoms with E-state index in [9.17, 15) is 0 Å². The lowest BCUT2D eigenvalue weighted by molar-refractivity contribution is 0.411. The Morgan fingerprint density at radius 2 is 2.22 bits per heavy atom. The third kappa shape index (κ3) is 3.13. The Bertz CT molecular complexity index is 499. The van der Waals surface area contributed by atoms with Gasteiger partial charge in [0.2, 0.25) is 0 Å². The monoisotopic (exact) mass is 325 g/mol. The lowest BCUT2D eigenvalue weighted by Crippen LogP contribution is -2.18. The van der Waals surface area contributed by atoms with Crippen molar-refractivity contribution in [3.05, 3.63) is 50.6 Å². The van der Waals surface area contributed by atoms with Gasteiger partial charge in [0.25, 0.3) is 0 Å². The molecule has 0 aliphatic rings. The van der Waals surface area contributed by atoms with Crippen LogP contribution in [0.3, 0.4) is 0 Å². The van der Waals surface area contributed by atoms with Crippen molar-refractivity contribution in [1.82, 2.24) is 5.32 Å². The van der Waals surface area contributed by atoms with Crippen molar-refractivity contribution < 1.29 is 4.74 Å². The Balaban J connectivity index is 2.19. The summed E-state index contributed by atoms with van der Waals surface area (Å²) in [4.78, 5) is 1.39. The van der Waals surface area contributed by atoms with Crippen LogP contribution < -0.4 is 10.1 Å². The van der Waals surface area contributed by atoms with Crippen LogP contribution in [0.15, 0.2) is 40.2 Å². The number of thiophene rings is 1. The molecular weight excluding hydrogens is 310 g/mol. The van der Waals surface area contributed by atoms with Crippen LogP contribution in [0.5, 0.6) is 5.75 Å². The quantitative estimate of drug-likeness (QED) is 0.896. The summed E-state index contributed by atoms with van der Waals surface area (Å²) in [5.74, 6) is 0.865. The number of halogens is 1. The first-order chi connectivity index (χ1) is 8.74. The van der Waals surface area contributed by atoms with Crippen LogP contribution in [0.25, 0.3) is 0 Å². The Hall–Kier alpha value is -0.840. The van der Waals surface area contributed by atoms with Crippen LogP contribution in [-0.4, -0.2) is 14.2 Å². The molecule has 2 rings (SSSR count). The number of hydrogen-bond acceptors (Lipinski definition) is 3. The largest absolute Gasteiger partial charge is 0.496 e. The van der Waals surface area contributed by atoms with Gasteiger partial charge in [-0.15, -0.1) is 11.3 Å². The van der Waals surface area contributed by atoms with E-state index in [0.29, 0.717) is 6.04 Å². The average molecular weight is 326 g/mol. The van der Waals surface area contributed by atoms with Crippen molar-refractivity contribution in [1.29, 1.82) is 0 Å². The molecule has 2 aromatic rings. The second-order valence-electron chi connectivity index (χ2n) is 4.02. The summed E-state index contributed by atoms with van der Waals surface area (Å²) in [7, 11) is 3.68. The van der Waals surface area contributed by atoms with Crippen molar-refractivity contribution in [2.45, 2.75) is 12.5 Å². The summed E-state index contributed by atoms with van der Waals surface area (Å²) in [6, 6.07) is 10.8. The molecular formula is C14H16BrNOS. The first kappa shape index (κ1) is 13.6. The summed E-state index contributed by atoms with van der Waals surface area (Å²) in [6.07, 6.45) is 1.01. The summed E-state index contributed by atoms with van der Waals surface area (Å²) < 4.78 is 6.25. The Morgan fingerprint density at radius 1 is 1.39 bits per heavy atom. The molecule has 1 atom stereocenters. The Kier molecular flexibility index (Phi) is 4.80. The van der Waals surface area contributed by atoms with Gasteiger partial charge in [0.1, 0.15) is 5.75 Å². The molecule has 1 N–H and O–H groups in total. The number of likely N-dealkylation sites (N-methyl/N-ethyl adjacent to an activating group) is 1. The minimum Gasteiger partial charge on any atom is -0.496 e. The minimum absolute atomic E-state index is 0.325. The van der Waals surface area contributed by atoms with Crippen LogP contribution in [0.1, 0.15) is 16.5 Å². The van der Waals surface area contributed by atoms with Crippen LogP contribution in [0.4, 0.5) is 0 Å². The average Bonchev–Trinajstić information content (AvgIpc) is 2.88. The van der Waals surface area contributed by atoms with E-state index in [4.69, 9.17) is 4.74 Å². The maximum Gasteiger partial charge on any atom is 0.133 e. The topological polar surface area (TPSA) is 21.3 Å². The lowest BCUT2D eigenvalue weighted by Gasteiger charge is -2.17. The second kappa shape index (κ2) is 6.36. The zero-order valence-electron chi connectivity index (χ0n) is 10.4. The van der Waals surface area contributed by atoms with Crippen molar-refractivity contribution in [3.63, 3.8) is 0 Å². The van der Waals surface area contributed by atoms with Crippen LogP contribution in [0.2, 0.25) is 0 Å². The maximum atomic E-state index is 5.25. The standard InChI is InChI=1S/C14H16BrNOS/c1-16-13(9-11-4-3-7-18-11)10-5-6-14(17-2)12(15)8-10/h3-8,13,16H,9H2,1-2H3. The molecule has 4 heteroatoms. The zero-order chi connectivity index (χ0) is 13.0. The number of ether oxygens (including phenoxy) is 1. The number of benzene rings is 1. The minimum atomic E-state index is 0.325. The van der Waals surface area contributed by atoms with E-state index >= 15 is 0 Å². The van der Waals surface area contributed by atoms with Gasteiger partial charge < -0.3 is 10.1 Å². The summed E-state index contributed by atoms with van der Waals surface area (Å²) in [6.45, 7) is 0. The third-order valence-electron chi connectivity index (χ3n) is 2.91. The fraction of sp³-hybridized carbons (Fsp3) is 0.286. The second-order valence-corrected chi connectivity index (χ2v) is 5.91. The van der Waals surface area contributed by atoms with Gasteiger partial charge in [-0.05, 0) is 52.1 Å². The molecule has 2 nitrogen and oxygen atoms in total. The van der Waals surface area contributed by atoms with E-state index in [1.165, 1.54) is 10.4 Å². The first-order valence-corrected chi connectivity index (χ1v) is 7.45. The van der Waals surface area contributed by atoms with Gasteiger partial charge in [-0.3, -0.25) is 0 Å². The molecule has 1 aromatic heterocycles. The Morgan fingerprint density at radius 3 is 2.78 bits per heavy atom. The number of rotatable bonds is 5. The van der Waals surface area contributed by atoms with Crippen LogP contribution >= 0.6 is 27.3 Å². The molecule has 0 aliphatic heterocycles. The number of methoxy groups -OCH3 is 1. The molecule has 1 aromatic carbocycles. The highest BCUT2D eigenvalue weighted by Crippen LogP contribution is 2.29. The molecule has 0 aliphatic carbocycles. The summed E-state index contributed by atoms with van der Waals surface area (Å²) >= 11 is 5.33. The van der Waals surface area contributed by atoms with Gasteiger partial charge in [-0.1, -0.05) is 12.1 Å². The molecule has 0 saturated carbocycles. The maximum absolute atomic E-state index is 5.25. The highest BCUT2D eigenvalue weighted by molar-refractivity contribution is 9.10. The third-order valence-corrected chi connectivity index (χ3v) is 4.43. The predicted octanol–water partition coefficient (Wildman–Crippen LogP) is 4.02. The van der Waals surface area contributed by atoms with Gasteiger partial charge in [0, 0.05) is 17.3 Å². The molecule has 0 fully saturated rings. The normalized spacial score (nSPS) is 12.4. The van der Waals surface area contributed by atoms with Crippen molar-refractivity contribution >= 4 is 27.3 Å². The summed E-state index contributed by atoms with van der Waals surface area (Å²) in [5, 5.41) is 5.48. The van der Waals surface area contributed by atoms with E-state index in [1.54, 1.807) is 18.4 Å². The van der Waals surface area contributed by atoms with E-state index in [2.05, 4.69) is 50.9 Å². The van der Waals surface area contributed by atoms with Gasteiger partial charge in [0.05, 0.1) is 11.6 Å². The van der Waals surface area contributed by atoms with E-state index < -0.39 is 0 Å². The van der Waals surface area contributed by atoms with Gasteiger partial charge in [0.15, 0.2) is 0 Å². The van der Waals surface area contributed by atoms with E-state index in [1.807, 2.05) is 13.1 Å². The number of hydrogen-bond donors (Lipinski definition) is 1. The molecule has 0 amide bonds. The highest BCUT2D eigenvalue weighted by Gasteiger charge is 2.12. The van der Waals surface area contributed by atoms with Crippen LogP contribution in [-0.2, 0) is 6.42 Å². The van der Waals surface area contributed by atoms with E-state index in [0.717, 1.165) is 16.6 Å². The molecule has 18 heavy (non-hydrogen) atoms. The highest BCUT2D eigenvalue weighted by atomic mass is 79.9. The molecule has 1 unspecified atom stereocenters. The molecule has 1 heterocycles. The predicted molar refractivity (Wildman–Crippen MR) is 80.5 cm³/mol. The van der Waals surface area contributed by atoms with Gasteiger partial charge in [-0.25, -0.2) is 0 Å². The first-order valence-electron chi connectivity index (χ1n) is 5.77. The van der Waals surface area contributed by atoms with Gasteiger partial charge >= 0.3 is 0 Å². The van der Waals surface area contributed by atoms with Crippen molar-refractivity contribution in [2.24, 2.45) is 0 Å². The molecule has 0 saturated heterocycles. The van der Waals surface area contributed by atoms with Crippen LogP contribution in [0, 0.1) is 0 Å². The smallest absolute Gasteiger partial charge is 0.133 e. The molecule has 0 bridgehead atoms. The number of nitrogens with one attached hydrogen (secondary N) is 1. The Labute approximate surface area is 120 Å². The van der Waals surface area contributed by atoms with Crippen molar-refractivity contribution in [3.8, 4) is 5.75 Å². The molecule has 0 radical (unpaired) electrons. The zero-order valence-corrected chi connectivity index (χ0v) is 12.8. The summed E-state index contributed by atoms with van der Waals surface area (Å²) in [5.41, 5.74) is 1.26. The van der Waals surface area contributed by atoms with E-state index in [-0.39, 0.29) is 0 Å².